The zero-order chi connectivity index (χ0) is 16.9. The Morgan fingerprint density at radius 1 is 1.08 bits per heavy atom. The zero-order valence-corrected chi connectivity index (χ0v) is 14.3. The summed E-state index contributed by atoms with van der Waals surface area (Å²) in [7, 11) is 0. The summed E-state index contributed by atoms with van der Waals surface area (Å²) in [5.74, 6) is 0.0759. The topological polar surface area (TPSA) is 32.3 Å². The number of fused-ring (bicyclic) bond motifs is 3. The molecule has 0 spiro atoms. The predicted octanol–water partition coefficient (Wildman–Crippen LogP) is 3.63. The van der Waals surface area contributed by atoms with E-state index < -0.39 is 5.66 Å². The van der Waals surface area contributed by atoms with E-state index in [4.69, 9.17) is 0 Å². The number of nitrogens with one attached hydrogen (secondary N) is 1. The van der Waals surface area contributed by atoms with Crippen LogP contribution >= 0.6 is 0 Å². The maximum absolute atomic E-state index is 12.3. The van der Waals surface area contributed by atoms with Crippen molar-refractivity contribution in [1.82, 2.24) is 5.32 Å². The molecule has 2 aromatic rings. The average molecular weight is 318 g/mol. The molecule has 0 saturated carbocycles. The normalized spacial score (nSPS) is 24.1. The summed E-state index contributed by atoms with van der Waals surface area (Å²) in [6.45, 7) is 6.93. The molecule has 2 aromatic carbocycles. The SMILES string of the molecule is Cc1ccccc1/C=C/[C@]12NC(=O)CN1c1ccccc1C2(C)C. The first-order valence-corrected chi connectivity index (χ1v) is 8.39. The lowest BCUT2D eigenvalue weighted by atomic mass is 9.75. The van der Waals surface area contributed by atoms with Crippen LogP contribution in [0.4, 0.5) is 5.69 Å². The van der Waals surface area contributed by atoms with Gasteiger partial charge in [0.1, 0.15) is 5.66 Å². The molecule has 1 atom stereocenters. The van der Waals surface area contributed by atoms with Crippen LogP contribution in [0.25, 0.3) is 6.08 Å². The van der Waals surface area contributed by atoms with Gasteiger partial charge in [0.15, 0.2) is 0 Å². The van der Waals surface area contributed by atoms with E-state index >= 15 is 0 Å². The summed E-state index contributed by atoms with van der Waals surface area (Å²) in [6, 6.07) is 16.7. The molecule has 1 saturated heterocycles. The first-order valence-electron chi connectivity index (χ1n) is 8.39. The summed E-state index contributed by atoms with van der Waals surface area (Å²) >= 11 is 0. The summed E-state index contributed by atoms with van der Waals surface area (Å²) in [5, 5.41) is 3.26. The van der Waals surface area contributed by atoms with Crippen molar-refractivity contribution < 1.29 is 4.79 Å². The summed E-state index contributed by atoms with van der Waals surface area (Å²) in [4.78, 5) is 14.5. The van der Waals surface area contributed by atoms with Gasteiger partial charge >= 0.3 is 0 Å². The van der Waals surface area contributed by atoms with E-state index in [0.29, 0.717) is 6.54 Å². The fourth-order valence-electron chi connectivity index (χ4n) is 4.12. The number of amides is 1. The van der Waals surface area contributed by atoms with Gasteiger partial charge in [0.05, 0.1) is 6.54 Å². The van der Waals surface area contributed by atoms with Crippen LogP contribution < -0.4 is 10.2 Å². The van der Waals surface area contributed by atoms with E-state index in [9.17, 15) is 4.79 Å². The second kappa shape index (κ2) is 4.97. The zero-order valence-electron chi connectivity index (χ0n) is 14.3. The van der Waals surface area contributed by atoms with E-state index in [1.807, 2.05) is 18.2 Å². The Labute approximate surface area is 143 Å². The number of hydrogen-bond donors (Lipinski definition) is 1. The van der Waals surface area contributed by atoms with Crippen molar-refractivity contribution in [1.29, 1.82) is 0 Å². The van der Waals surface area contributed by atoms with Gasteiger partial charge in [-0.1, -0.05) is 62.4 Å². The lowest BCUT2D eigenvalue weighted by molar-refractivity contribution is -0.118. The number of hydrogen-bond acceptors (Lipinski definition) is 2. The maximum atomic E-state index is 12.3. The lowest BCUT2D eigenvalue weighted by Crippen LogP contribution is -2.58. The molecule has 1 fully saturated rings. The number of carbonyl (C=O) groups is 1. The molecular formula is C21H22N2O. The van der Waals surface area contributed by atoms with Crippen LogP contribution in [0.2, 0.25) is 0 Å². The van der Waals surface area contributed by atoms with Gasteiger partial charge in [-0.15, -0.1) is 0 Å². The second-order valence-electron chi connectivity index (χ2n) is 7.23. The third-order valence-corrected chi connectivity index (χ3v) is 5.57. The van der Waals surface area contributed by atoms with Crippen LogP contribution in [0.1, 0.15) is 30.5 Å². The maximum Gasteiger partial charge on any atom is 0.241 e. The van der Waals surface area contributed by atoms with Crippen LogP contribution in [0, 0.1) is 6.92 Å². The molecule has 0 radical (unpaired) electrons. The highest BCUT2D eigenvalue weighted by atomic mass is 16.2. The number of nitrogens with zero attached hydrogens (tertiary/aromatic N) is 1. The molecule has 1 amide bonds. The van der Waals surface area contributed by atoms with E-state index in [2.05, 4.69) is 73.5 Å². The van der Waals surface area contributed by atoms with Crippen LogP contribution in [-0.2, 0) is 10.2 Å². The highest BCUT2D eigenvalue weighted by molar-refractivity contribution is 5.91. The van der Waals surface area contributed by atoms with E-state index in [1.165, 1.54) is 16.7 Å². The van der Waals surface area contributed by atoms with Crippen molar-refractivity contribution in [3.63, 3.8) is 0 Å². The first-order chi connectivity index (χ1) is 11.5. The number of para-hydroxylation sites is 1. The number of carbonyl (C=O) groups excluding carboxylic acids is 1. The summed E-state index contributed by atoms with van der Waals surface area (Å²) in [6.07, 6.45) is 4.31. The molecule has 3 heteroatoms. The quantitative estimate of drug-likeness (QED) is 0.917. The van der Waals surface area contributed by atoms with Crippen molar-refractivity contribution in [2.75, 3.05) is 11.4 Å². The fraction of sp³-hybridized carbons (Fsp3) is 0.286. The van der Waals surface area contributed by atoms with Crippen LogP contribution in [-0.4, -0.2) is 18.1 Å². The van der Waals surface area contributed by atoms with Gasteiger partial charge in [0.25, 0.3) is 0 Å². The predicted molar refractivity (Wildman–Crippen MR) is 97.9 cm³/mol. The van der Waals surface area contributed by atoms with Gasteiger partial charge in [0.2, 0.25) is 5.91 Å². The molecule has 0 aliphatic carbocycles. The molecule has 3 nitrogen and oxygen atoms in total. The minimum absolute atomic E-state index is 0.0759. The van der Waals surface area contributed by atoms with Crippen LogP contribution in [0.3, 0.4) is 0 Å². The fourth-order valence-corrected chi connectivity index (χ4v) is 4.12. The molecule has 24 heavy (non-hydrogen) atoms. The molecular weight excluding hydrogens is 296 g/mol. The number of benzene rings is 2. The molecule has 0 unspecified atom stereocenters. The van der Waals surface area contributed by atoms with Gasteiger partial charge < -0.3 is 10.2 Å². The second-order valence-corrected chi connectivity index (χ2v) is 7.23. The van der Waals surface area contributed by atoms with Gasteiger partial charge in [-0.25, -0.2) is 0 Å². The molecule has 0 aromatic heterocycles. The van der Waals surface area contributed by atoms with Crippen molar-refractivity contribution in [2.24, 2.45) is 0 Å². The number of anilines is 1. The number of rotatable bonds is 2. The van der Waals surface area contributed by atoms with Gasteiger partial charge in [-0.3, -0.25) is 4.79 Å². The smallest absolute Gasteiger partial charge is 0.241 e. The Morgan fingerprint density at radius 2 is 1.79 bits per heavy atom. The molecule has 4 rings (SSSR count). The molecule has 2 aliphatic rings. The Hall–Kier alpha value is -2.55. The third kappa shape index (κ3) is 1.87. The van der Waals surface area contributed by atoms with E-state index in [1.54, 1.807) is 0 Å². The molecule has 2 aliphatic heterocycles. The van der Waals surface area contributed by atoms with Crippen molar-refractivity contribution >= 4 is 17.7 Å². The summed E-state index contributed by atoms with van der Waals surface area (Å²) in [5.41, 5.74) is 4.11. The Kier molecular flexibility index (Phi) is 3.11. The highest BCUT2D eigenvalue weighted by Gasteiger charge is 2.59. The monoisotopic (exact) mass is 318 g/mol. The van der Waals surface area contributed by atoms with Crippen molar-refractivity contribution in [3.8, 4) is 0 Å². The summed E-state index contributed by atoms with van der Waals surface area (Å²) < 4.78 is 0. The molecule has 1 N–H and O–H groups in total. The average Bonchev–Trinajstić information content (AvgIpc) is 2.99. The first kappa shape index (κ1) is 15.0. The minimum atomic E-state index is -0.518. The third-order valence-electron chi connectivity index (χ3n) is 5.57. The van der Waals surface area contributed by atoms with Gasteiger partial charge in [-0.2, -0.15) is 0 Å². The van der Waals surface area contributed by atoms with Crippen LogP contribution in [0.15, 0.2) is 54.6 Å². The minimum Gasteiger partial charge on any atom is -0.335 e. The largest absolute Gasteiger partial charge is 0.335 e. The molecule has 0 bridgehead atoms. The molecule has 2 heterocycles. The Balaban J connectivity index is 1.86. The number of aryl methyl sites for hydroxylation is 1. The Morgan fingerprint density at radius 3 is 2.58 bits per heavy atom. The van der Waals surface area contributed by atoms with Crippen molar-refractivity contribution in [3.05, 3.63) is 71.3 Å². The van der Waals surface area contributed by atoms with E-state index in [-0.39, 0.29) is 11.3 Å². The molecule has 122 valence electrons. The van der Waals surface area contributed by atoms with Crippen LogP contribution in [0.5, 0.6) is 0 Å². The van der Waals surface area contributed by atoms with Gasteiger partial charge in [0, 0.05) is 11.1 Å². The highest BCUT2D eigenvalue weighted by Crippen LogP contribution is 2.52. The van der Waals surface area contributed by atoms with Crippen molar-refractivity contribution in [2.45, 2.75) is 31.8 Å². The lowest BCUT2D eigenvalue weighted by Gasteiger charge is -2.40. The van der Waals surface area contributed by atoms with Gasteiger partial charge in [-0.05, 0) is 35.8 Å². The Bertz CT molecular complexity index is 852. The van der Waals surface area contributed by atoms with E-state index in [0.717, 1.165) is 5.69 Å². The standard InChI is InChI=1S/C21H22N2O/c1-15-8-4-5-9-16(15)12-13-21-20(2,3)17-10-6-7-11-18(17)23(21)14-19(24)22-21/h4-13H,14H2,1-3H3,(H,22,24)/b13-12+/t21-/m0/s1.